The largest absolute Gasteiger partial charge is 0.545 e. The summed E-state index contributed by atoms with van der Waals surface area (Å²) in [5.41, 5.74) is -4.49. The first-order valence-corrected chi connectivity index (χ1v) is 13.2. The molecule has 0 N–H and O–H groups in total. The van der Waals surface area contributed by atoms with Gasteiger partial charge in [0.05, 0.1) is 37.6 Å². The number of rotatable bonds is 20. The number of hydrogen-bond donors (Lipinski definition) is 0. The molecule has 0 heterocycles. The van der Waals surface area contributed by atoms with Crippen LogP contribution >= 0.6 is 0 Å². The minimum Gasteiger partial charge on any atom is -0.545 e. The van der Waals surface area contributed by atoms with E-state index in [0.29, 0.717) is 0 Å². The maximum absolute atomic E-state index is 14.2. The monoisotopic (exact) mass is 862 g/mol. The maximum Gasteiger partial charge on any atom is 0.460 e. The van der Waals surface area contributed by atoms with Gasteiger partial charge in [-0.25, -0.2) is 35.1 Å². The first-order chi connectivity index (χ1) is 23.2. The van der Waals surface area contributed by atoms with Crippen LogP contribution in [-0.4, -0.2) is 83.5 Å². The van der Waals surface area contributed by atoms with Gasteiger partial charge < -0.3 is 19.8 Å². The van der Waals surface area contributed by atoms with Crippen LogP contribution in [0.5, 0.6) is 0 Å². The first-order valence-electron chi connectivity index (χ1n) is 13.2. The van der Waals surface area contributed by atoms with E-state index in [1.807, 2.05) is 0 Å². The molecule has 0 aliphatic heterocycles. The van der Waals surface area contributed by atoms with Crippen LogP contribution in [0.15, 0.2) is 11.1 Å². The highest BCUT2D eigenvalue weighted by Gasteiger charge is 2.83. The maximum atomic E-state index is 14.2. The molecule has 0 spiro atoms. The van der Waals surface area contributed by atoms with Gasteiger partial charge in [-0.05, 0) is 24.0 Å². The fraction of sp³-hybridized carbons (Fsp3) is 0.833. The second kappa shape index (κ2) is 15.1. The van der Waals surface area contributed by atoms with Crippen LogP contribution in [0.25, 0.3) is 0 Å². The van der Waals surface area contributed by atoms with Gasteiger partial charge in [-0.1, -0.05) is 0 Å². The van der Waals surface area contributed by atoms with Crippen molar-refractivity contribution in [2.45, 2.75) is 123 Å². The number of carbonyl (C=O) groups is 2. The lowest BCUT2D eigenvalue weighted by Gasteiger charge is -2.35. The van der Waals surface area contributed by atoms with Crippen molar-refractivity contribution < 1.29 is 134 Å². The molecular formula is C24H16F26O4-2. The smallest absolute Gasteiger partial charge is 0.460 e. The standard InChI is InChI=1S/C24H18F26O4/c25-13(26,5-15(29,30)7-17(33,34)19(37,38)21(41,42)23(45,46)47)3-1-9(11(51)52)10(12(53)54)2-4-14(27,28)6-16(31,32)8-18(35,36)20(39,40)22(43,44)24(48,49)50/h1-8H2,(H,51,52)(H,53,54)/p-2/b10-9-. The average Bonchev–Trinajstić information content (AvgIpc) is 2.85. The van der Waals surface area contributed by atoms with Crippen molar-refractivity contribution in [3.05, 3.63) is 11.1 Å². The summed E-state index contributed by atoms with van der Waals surface area (Å²) in [5, 5.41) is 22.5. The van der Waals surface area contributed by atoms with Gasteiger partial charge in [0.2, 0.25) is 0 Å². The quantitative estimate of drug-likeness (QED) is 0.0911. The zero-order valence-corrected chi connectivity index (χ0v) is 25.1. The molecule has 4 nitrogen and oxygen atoms in total. The minimum atomic E-state index is -7.75. The summed E-state index contributed by atoms with van der Waals surface area (Å²) in [7, 11) is 0. The third-order valence-corrected chi connectivity index (χ3v) is 6.75. The van der Waals surface area contributed by atoms with E-state index in [1.54, 1.807) is 0 Å². The second-order valence-corrected chi connectivity index (χ2v) is 11.4. The molecule has 30 heteroatoms. The van der Waals surface area contributed by atoms with Crippen LogP contribution < -0.4 is 10.2 Å². The van der Waals surface area contributed by atoms with E-state index >= 15 is 0 Å². The van der Waals surface area contributed by atoms with Crippen LogP contribution in [0.2, 0.25) is 0 Å². The van der Waals surface area contributed by atoms with Gasteiger partial charge in [0.25, 0.3) is 23.7 Å². The Morgan fingerprint density at radius 1 is 0.333 bits per heavy atom. The molecule has 0 rings (SSSR count). The van der Waals surface area contributed by atoms with E-state index in [-0.39, 0.29) is 0 Å². The summed E-state index contributed by atoms with van der Waals surface area (Å²) < 4.78 is 344. The van der Waals surface area contributed by atoms with Crippen molar-refractivity contribution in [1.82, 2.24) is 0 Å². The number of carboxylic acids is 2. The van der Waals surface area contributed by atoms with Crippen LogP contribution in [0.1, 0.15) is 51.4 Å². The molecule has 54 heavy (non-hydrogen) atoms. The molecule has 0 bridgehead atoms. The van der Waals surface area contributed by atoms with E-state index in [9.17, 15) is 134 Å². The second-order valence-electron chi connectivity index (χ2n) is 11.4. The number of aliphatic carboxylic acids is 2. The molecule has 0 aliphatic carbocycles. The third kappa shape index (κ3) is 11.5. The van der Waals surface area contributed by atoms with E-state index in [0.717, 1.165) is 0 Å². The number of halogens is 26. The molecule has 0 aliphatic rings. The van der Waals surface area contributed by atoms with Crippen molar-refractivity contribution in [2.75, 3.05) is 0 Å². The molecule has 0 amide bonds. The molecule has 0 unspecified atom stereocenters. The Hall–Kier alpha value is -3.14. The van der Waals surface area contributed by atoms with Gasteiger partial charge in [0.1, 0.15) is 0 Å². The summed E-state index contributed by atoms with van der Waals surface area (Å²) >= 11 is 0. The molecule has 0 aromatic carbocycles. The Kier molecular flexibility index (Phi) is 14.2. The van der Waals surface area contributed by atoms with Crippen LogP contribution in [0.3, 0.4) is 0 Å². The predicted molar refractivity (Wildman–Crippen MR) is 116 cm³/mol. The number of carbonyl (C=O) groups excluding carboxylic acids is 2. The van der Waals surface area contributed by atoms with Crippen molar-refractivity contribution in [3.8, 4) is 0 Å². The Morgan fingerprint density at radius 3 is 0.741 bits per heavy atom. The third-order valence-electron chi connectivity index (χ3n) is 6.75. The van der Waals surface area contributed by atoms with Crippen molar-refractivity contribution in [2.24, 2.45) is 0 Å². The van der Waals surface area contributed by atoms with Gasteiger partial charge >= 0.3 is 47.9 Å². The minimum absolute atomic E-state index is 2.25. The van der Waals surface area contributed by atoms with Gasteiger partial charge in [-0.15, -0.1) is 0 Å². The molecule has 0 fully saturated rings. The van der Waals surface area contributed by atoms with Gasteiger partial charge in [0.15, 0.2) is 0 Å². The normalized spacial score (nSPS) is 16.0. The van der Waals surface area contributed by atoms with Crippen molar-refractivity contribution in [3.63, 3.8) is 0 Å². The summed E-state index contributed by atoms with van der Waals surface area (Å²) in [4.78, 5) is 22.5. The summed E-state index contributed by atoms with van der Waals surface area (Å²) in [6.07, 6.45) is -40.3. The van der Waals surface area contributed by atoms with Gasteiger partial charge in [0, 0.05) is 12.8 Å². The molecule has 0 radical (unpaired) electrons. The fourth-order valence-corrected chi connectivity index (χ4v) is 4.11. The fourth-order valence-electron chi connectivity index (χ4n) is 4.11. The topological polar surface area (TPSA) is 80.3 Å². The highest BCUT2D eigenvalue weighted by atomic mass is 19.4. The first kappa shape index (κ1) is 50.9. The Labute approximate surface area is 281 Å². The van der Waals surface area contributed by atoms with Crippen LogP contribution in [-0.2, 0) is 9.59 Å². The van der Waals surface area contributed by atoms with Crippen molar-refractivity contribution >= 4 is 11.9 Å². The predicted octanol–water partition coefficient (Wildman–Crippen LogP) is 8.38. The zero-order chi connectivity index (χ0) is 44.0. The molecule has 320 valence electrons. The Morgan fingerprint density at radius 2 is 0.556 bits per heavy atom. The van der Waals surface area contributed by atoms with Gasteiger partial charge in [-0.2, -0.15) is 79.0 Å². The number of alkyl halides is 26. The average molecular weight is 862 g/mol. The van der Waals surface area contributed by atoms with Gasteiger partial charge in [-0.3, -0.25) is 0 Å². The lowest BCUT2D eigenvalue weighted by molar-refractivity contribution is -0.401. The van der Waals surface area contributed by atoms with E-state index < -0.39 is 146 Å². The summed E-state index contributed by atoms with van der Waals surface area (Å²) in [5.74, 6) is -74.4. The Balaban J connectivity index is 6.20. The number of hydrogen-bond acceptors (Lipinski definition) is 4. The molecule has 0 aromatic rings. The SMILES string of the molecule is O=C([O-])/C(CCC(F)(F)CC(F)(F)CC(F)(F)C(F)(F)C(F)(F)C(F)(F)F)=C(/CCC(F)(F)CC(F)(F)CC(F)(F)C(F)(F)C(F)(F)C(F)(F)F)C(=O)[O-]. The van der Waals surface area contributed by atoms with Crippen LogP contribution in [0.4, 0.5) is 114 Å². The highest BCUT2D eigenvalue weighted by molar-refractivity contribution is 5.97. The molecule has 0 saturated carbocycles. The van der Waals surface area contributed by atoms with E-state index in [2.05, 4.69) is 0 Å². The van der Waals surface area contributed by atoms with Crippen LogP contribution in [0, 0.1) is 0 Å². The lowest BCUT2D eigenvalue weighted by atomic mass is 9.91. The van der Waals surface area contributed by atoms with E-state index in [1.165, 1.54) is 0 Å². The lowest BCUT2D eigenvalue weighted by Crippen LogP contribution is -2.62. The molecule has 0 aromatic heterocycles. The summed E-state index contributed by atoms with van der Waals surface area (Å²) in [6, 6.07) is 0. The Bertz CT molecular complexity index is 1270. The van der Waals surface area contributed by atoms with E-state index in [4.69, 9.17) is 0 Å². The highest BCUT2D eigenvalue weighted by Crippen LogP contribution is 2.58. The zero-order valence-electron chi connectivity index (χ0n) is 25.1. The summed E-state index contributed by atoms with van der Waals surface area (Å²) in [6.45, 7) is 0. The molecular weight excluding hydrogens is 846 g/mol. The molecule has 0 atom stereocenters. The molecule has 0 saturated heterocycles. The van der Waals surface area contributed by atoms with Crippen molar-refractivity contribution in [1.29, 1.82) is 0 Å². The number of carboxylic acid groups (broad SMARTS) is 2.